The highest BCUT2D eigenvalue weighted by Crippen LogP contribution is 2.24. The van der Waals surface area contributed by atoms with Crippen LogP contribution in [0.15, 0.2) is 36.5 Å². The summed E-state index contributed by atoms with van der Waals surface area (Å²) >= 11 is 0. The standard InChI is InChI=1S/C18H21N3O2/c1-20-8-13-9-21(14(10-20)12-23-11-13)18(22)16-4-2-6-17-15(16)5-3-7-19-17/h2-7,13-14H,8-12H2,1H3/t13-,14-/m0/s1. The highest BCUT2D eigenvalue weighted by Gasteiger charge is 2.35. The smallest absolute Gasteiger partial charge is 0.254 e. The minimum Gasteiger partial charge on any atom is -0.379 e. The minimum atomic E-state index is 0.0967. The first-order valence-electron chi connectivity index (χ1n) is 8.13. The van der Waals surface area contributed by atoms with E-state index in [0.29, 0.717) is 12.5 Å². The number of likely N-dealkylation sites (N-methyl/N-ethyl adjacent to an activating group) is 1. The number of benzene rings is 1. The highest BCUT2D eigenvalue weighted by molar-refractivity contribution is 6.06. The Balaban J connectivity index is 1.72. The van der Waals surface area contributed by atoms with Crippen LogP contribution in [-0.4, -0.2) is 66.6 Å². The number of nitrogens with zero attached hydrogens (tertiary/aromatic N) is 3. The lowest BCUT2D eigenvalue weighted by Gasteiger charge is -2.30. The van der Waals surface area contributed by atoms with Crippen LogP contribution < -0.4 is 0 Å². The minimum absolute atomic E-state index is 0.0967. The van der Waals surface area contributed by atoms with Crippen LogP contribution in [0, 0.1) is 5.92 Å². The van der Waals surface area contributed by atoms with E-state index in [2.05, 4.69) is 16.9 Å². The van der Waals surface area contributed by atoms with Crippen molar-refractivity contribution in [3.8, 4) is 0 Å². The third-order valence-electron chi connectivity index (χ3n) is 4.79. The fourth-order valence-corrected chi connectivity index (χ4v) is 3.77. The Labute approximate surface area is 135 Å². The van der Waals surface area contributed by atoms with Gasteiger partial charge in [0.1, 0.15) is 0 Å². The number of hydrogen-bond acceptors (Lipinski definition) is 4. The van der Waals surface area contributed by atoms with Crippen LogP contribution in [0.2, 0.25) is 0 Å². The maximum Gasteiger partial charge on any atom is 0.254 e. The van der Waals surface area contributed by atoms with Crippen LogP contribution in [-0.2, 0) is 4.74 Å². The van der Waals surface area contributed by atoms with Crippen molar-refractivity contribution in [2.75, 3.05) is 39.9 Å². The summed E-state index contributed by atoms with van der Waals surface area (Å²) in [5, 5.41) is 0.924. The van der Waals surface area contributed by atoms with Gasteiger partial charge >= 0.3 is 0 Å². The van der Waals surface area contributed by atoms with Gasteiger partial charge in [-0.25, -0.2) is 0 Å². The third kappa shape index (κ3) is 2.71. The van der Waals surface area contributed by atoms with Crippen LogP contribution in [0.4, 0.5) is 0 Å². The lowest BCUT2D eigenvalue weighted by atomic mass is 10.1. The molecule has 2 fully saturated rings. The van der Waals surface area contributed by atoms with Gasteiger partial charge in [0.2, 0.25) is 0 Å². The van der Waals surface area contributed by atoms with Crippen LogP contribution in [0.3, 0.4) is 0 Å². The number of ether oxygens (including phenoxy) is 1. The quantitative estimate of drug-likeness (QED) is 0.803. The Morgan fingerprint density at radius 1 is 1.17 bits per heavy atom. The first kappa shape index (κ1) is 14.6. The maximum absolute atomic E-state index is 13.2. The summed E-state index contributed by atoms with van der Waals surface area (Å²) in [6.07, 6.45) is 1.76. The Morgan fingerprint density at radius 3 is 3.00 bits per heavy atom. The van der Waals surface area contributed by atoms with E-state index in [4.69, 9.17) is 4.74 Å². The summed E-state index contributed by atoms with van der Waals surface area (Å²) in [6, 6.07) is 9.75. The molecule has 3 heterocycles. The zero-order valence-electron chi connectivity index (χ0n) is 13.3. The molecule has 1 aromatic carbocycles. The second kappa shape index (κ2) is 5.91. The van der Waals surface area contributed by atoms with E-state index in [1.165, 1.54) is 0 Å². The van der Waals surface area contributed by atoms with Crippen LogP contribution in [0.25, 0.3) is 10.9 Å². The lowest BCUT2D eigenvalue weighted by Crippen LogP contribution is -2.46. The van der Waals surface area contributed by atoms with Gasteiger partial charge in [-0.15, -0.1) is 0 Å². The number of rotatable bonds is 1. The van der Waals surface area contributed by atoms with Gasteiger partial charge in [0, 0.05) is 42.7 Å². The molecular formula is C18H21N3O2. The van der Waals surface area contributed by atoms with Gasteiger partial charge in [-0.1, -0.05) is 12.1 Å². The molecule has 23 heavy (non-hydrogen) atoms. The Morgan fingerprint density at radius 2 is 2.09 bits per heavy atom. The van der Waals surface area contributed by atoms with Gasteiger partial charge in [0.25, 0.3) is 5.91 Å². The number of aromatic nitrogens is 1. The molecule has 0 aliphatic carbocycles. The second-order valence-electron chi connectivity index (χ2n) is 6.61. The van der Waals surface area contributed by atoms with Gasteiger partial charge in [-0.2, -0.15) is 0 Å². The van der Waals surface area contributed by atoms with E-state index < -0.39 is 0 Å². The largest absolute Gasteiger partial charge is 0.379 e. The molecule has 2 atom stereocenters. The molecule has 2 saturated heterocycles. The molecule has 0 N–H and O–H groups in total. The first-order chi connectivity index (χ1) is 11.2. The maximum atomic E-state index is 13.2. The average Bonchev–Trinajstić information content (AvgIpc) is 2.84. The summed E-state index contributed by atoms with van der Waals surface area (Å²) in [5.41, 5.74) is 1.61. The van der Waals surface area contributed by atoms with E-state index in [0.717, 1.165) is 42.7 Å². The van der Waals surface area contributed by atoms with E-state index in [1.54, 1.807) is 6.20 Å². The van der Waals surface area contributed by atoms with Crippen molar-refractivity contribution in [3.63, 3.8) is 0 Å². The van der Waals surface area contributed by atoms with Gasteiger partial charge in [0.05, 0.1) is 24.8 Å². The summed E-state index contributed by atoms with van der Waals surface area (Å²) < 4.78 is 5.78. The molecule has 0 radical (unpaired) electrons. The highest BCUT2D eigenvalue weighted by atomic mass is 16.5. The summed E-state index contributed by atoms with van der Waals surface area (Å²) in [4.78, 5) is 21.9. The lowest BCUT2D eigenvalue weighted by molar-refractivity contribution is 0.0484. The van der Waals surface area contributed by atoms with Gasteiger partial charge < -0.3 is 14.5 Å². The zero-order chi connectivity index (χ0) is 15.8. The molecule has 2 bridgehead atoms. The number of hydrogen-bond donors (Lipinski definition) is 0. The summed E-state index contributed by atoms with van der Waals surface area (Å²) in [7, 11) is 2.13. The predicted octanol–water partition coefficient (Wildman–Crippen LogP) is 1.64. The normalized spacial score (nSPS) is 25.3. The van der Waals surface area contributed by atoms with Crippen molar-refractivity contribution in [2.24, 2.45) is 5.92 Å². The monoisotopic (exact) mass is 311 g/mol. The molecule has 2 aliphatic heterocycles. The van der Waals surface area contributed by atoms with Crippen LogP contribution in [0.5, 0.6) is 0 Å². The van der Waals surface area contributed by atoms with E-state index >= 15 is 0 Å². The fourth-order valence-electron chi connectivity index (χ4n) is 3.77. The third-order valence-corrected chi connectivity index (χ3v) is 4.79. The molecule has 120 valence electrons. The predicted molar refractivity (Wildman–Crippen MR) is 88.4 cm³/mol. The molecule has 5 heteroatoms. The van der Waals surface area contributed by atoms with Crippen molar-refractivity contribution in [2.45, 2.75) is 6.04 Å². The number of amides is 1. The number of fused-ring (bicyclic) bond motifs is 4. The van der Waals surface area contributed by atoms with Gasteiger partial charge in [0.15, 0.2) is 0 Å². The molecule has 2 aromatic rings. The van der Waals surface area contributed by atoms with E-state index in [9.17, 15) is 4.79 Å². The molecule has 0 saturated carbocycles. The Hall–Kier alpha value is -1.98. The fraction of sp³-hybridized carbons (Fsp3) is 0.444. The number of pyridine rings is 1. The molecule has 4 rings (SSSR count). The van der Waals surface area contributed by atoms with E-state index in [-0.39, 0.29) is 11.9 Å². The molecule has 1 amide bonds. The van der Waals surface area contributed by atoms with E-state index in [1.807, 2.05) is 35.2 Å². The average molecular weight is 311 g/mol. The van der Waals surface area contributed by atoms with Crippen molar-refractivity contribution in [1.82, 2.24) is 14.8 Å². The summed E-state index contributed by atoms with van der Waals surface area (Å²) in [5.74, 6) is 0.476. The van der Waals surface area contributed by atoms with Gasteiger partial charge in [-0.05, 0) is 25.2 Å². The zero-order valence-corrected chi connectivity index (χ0v) is 13.3. The number of carbonyl (C=O) groups is 1. The first-order valence-corrected chi connectivity index (χ1v) is 8.13. The topological polar surface area (TPSA) is 45.7 Å². The van der Waals surface area contributed by atoms with Gasteiger partial charge in [-0.3, -0.25) is 9.78 Å². The SMILES string of the molecule is CN1C[C@@H]2COC[C@H](C1)N(C(=O)c1cccc3ncccc13)C2. The Bertz CT molecular complexity index is 728. The summed E-state index contributed by atoms with van der Waals surface area (Å²) in [6.45, 7) is 3.98. The molecule has 0 spiro atoms. The van der Waals surface area contributed by atoms with Crippen molar-refractivity contribution >= 4 is 16.8 Å². The number of carbonyl (C=O) groups excluding carboxylic acids is 1. The Kier molecular flexibility index (Phi) is 3.75. The molecule has 2 aliphatic rings. The van der Waals surface area contributed by atoms with Crippen molar-refractivity contribution in [1.29, 1.82) is 0 Å². The van der Waals surface area contributed by atoms with Crippen molar-refractivity contribution < 1.29 is 9.53 Å². The molecule has 1 aromatic heterocycles. The molecule has 5 nitrogen and oxygen atoms in total. The second-order valence-corrected chi connectivity index (χ2v) is 6.61. The van der Waals surface area contributed by atoms with Crippen LogP contribution >= 0.6 is 0 Å². The van der Waals surface area contributed by atoms with Crippen LogP contribution in [0.1, 0.15) is 10.4 Å². The van der Waals surface area contributed by atoms with Crippen molar-refractivity contribution in [3.05, 3.63) is 42.1 Å². The molecule has 0 unspecified atom stereocenters. The molecular weight excluding hydrogens is 290 g/mol.